The van der Waals surface area contributed by atoms with E-state index in [1.165, 1.54) is 46.2 Å². The Morgan fingerprint density at radius 3 is 2.39 bits per heavy atom. The zero-order chi connectivity index (χ0) is 21.7. The summed E-state index contributed by atoms with van der Waals surface area (Å²) < 4.78 is 2.39. The number of fused-ring (bicyclic) bond motifs is 1. The second-order valence-electron chi connectivity index (χ2n) is 9.67. The molecule has 1 atom stereocenters. The minimum atomic E-state index is 0.173. The first-order valence-electron chi connectivity index (χ1n) is 11.7. The van der Waals surface area contributed by atoms with Crippen molar-refractivity contribution in [3.63, 3.8) is 0 Å². The van der Waals surface area contributed by atoms with Gasteiger partial charge in [-0.15, -0.1) is 0 Å². The van der Waals surface area contributed by atoms with Crippen molar-refractivity contribution in [2.75, 3.05) is 6.54 Å². The van der Waals surface area contributed by atoms with Gasteiger partial charge in [-0.2, -0.15) is 0 Å². The van der Waals surface area contributed by atoms with Crippen LogP contribution in [0.5, 0.6) is 0 Å². The summed E-state index contributed by atoms with van der Waals surface area (Å²) in [4.78, 5) is 20.2. The molecule has 1 aliphatic heterocycles. The number of aromatic nitrogens is 2. The Balaban J connectivity index is 1.57. The van der Waals surface area contributed by atoms with E-state index in [1.807, 2.05) is 0 Å². The topological polar surface area (TPSA) is 38.1 Å². The summed E-state index contributed by atoms with van der Waals surface area (Å²) in [7, 11) is 0. The van der Waals surface area contributed by atoms with Crippen LogP contribution in [0.15, 0.2) is 30.3 Å². The molecule has 1 unspecified atom stereocenters. The van der Waals surface area contributed by atoms with Crippen molar-refractivity contribution in [1.82, 2.24) is 14.5 Å². The average molecular weight is 416 g/mol. The van der Waals surface area contributed by atoms with Crippen LogP contribution in [0.3, 0.4) is 0 Å². The summed E-state index contributed by atoms with van der Waals surface area (Å²) in [5.74, 6) is 1.56. The molecule has 3 aromatic rings. The van der Waals surface area contributed by atoms with Crippen molar-refractivity contribution >= 4 is 16.9 Å². The first-order chi connectivity index (χ1) is 14.9. The normalized spacial score (nSPS) is 19.8. The molecule has 2 aromatic carbocycles. The van der Waals surface area contributed by atoms with Crippen LogP contribution in [-0.4, -0.2) is 32.9 Å². The number of likely N-dealkylation sites (tertiary alicyclic amines) is 1. The lowest BCUT2D eigenvalue weighted by Gasteiger charge is -2.24. The third-order valence-electron chi connectivity index (χ3n) is 7.81. The second kappa shape index (κ2) is 7.81. The predicted octanol–water partition coefficient (Wildman–Crippen LogP) is 5.58. The monoisotopic (exact) mass is 415 g/mol. The van der Waals surface area contributed by atoms with Crippen LogP contribution < -0.4 is 0 Å². The highest BCUT2D eigenvalue weighted by Crippen LogP contribution is 2.36. The van der Waals surface area contributed by atoms with Crippen molar-refractivity contribution in [2.45, 2.75) is 78.3 Å². The smallest absolute Gasteiger partial charge is 0.223 e. The molecule has 5 rings (SSSR count). The average Bonchev–Trinajstić information content (AvgIpc) is 3.48. The maximum absolute atomic E-state index is 12.9. The summed E-state index contributed by atoms with van der Waals surface area (Å²) in [6.45, 7) is 10.5. The van der Waals surface area contributed by atoms with Crippen molar-refractivity contribution in [2.24, 2.45) is 0 Å². The van der Waals surface area contributed by atoms with Gasteiger partial charge in [0.15, 0.2) is 0 Å². The van der Waals surface area contributed by atoms with Gasteiger partial charge in [-0.3, -0.25) is 4.79 Å². The second-order valence-corrected chi connectivity index (χ2v) is 9.67. The van der Waals surface area contributed by atoms with Gasteiger partial charge in [0.1, 0.15) is 5.82 Å². The predicted molar refractivity (Wildman–Crippen MR) is 126 cm³/mol. The van der Waals surface area contributed by atoms with Crippen LogP contribution in [0.1, 0.15) is 71.7 Å². The molecule has 1 saturated heterocycles. The lowest BCUT2D eigenvalue weighted by molar-refractivity contribution is -0.129. The minimum Gasteiger partial charge on any atom is -0.339 e. The van der Waals surface area contributed by atoms with E-state index in [1.54, 1.807) is 0 Å². The third kappa shape index (κ3) is 3.46. The zero-order valence-electron chi connectivity index (χ0n) is 19.2. The largest absolute Gasteiger partial charge is 0.339 e. The van der Waals surface area contributed by atoms with E-state index in [2.05, 4.69) is 67.5 Å². The van der Waals surface area contributed by atoms with Crippen LogP contribution in [0, 0.1) is 27.7 Å². The lowest BCUT2D eigenvalue weighted by atomic mass is 9.94. The number of nitrogens with zero attached hydrogens (tertiary/aromatic N) is 3. The maximum Gasteiger partial charge on any atom is 0.223 e. The van der Waals surface area contributed by atoms with Crippen LogP contribution in [0.25, 0.3) is 11.0 Å². The van der Waals surface area contributed by atoms with E-state index in [0.29, 0.717) is 18.4 Å². The van der Waals surface area contributed by atoms with E-state index in [-0.39, 0.29) is 5.92 Å². The van der Waals surface area contributed by atoms with Gasteiger partial charge in [0.05, 0.1) is 11.0 Å². The molecular formula is C27H33N3O. The van der Waals surface area contributed by atoms with E-state index in [4.69, 9.17) is 4.98 Å². The molecule has 162 valence electrons. The fourth-order valence-corrected chi connectivity index (χ4v) is 5.74. The molecule has 4 nitrogen and oxygen atoms in total. The Morgan fingerprint density at radius 2 is 1.68 bits per heavy atom. The van der Waals surface area contributed by atoms with E-state index in [0.717, 1.165) is 37.3 Å². The number of rotatable bonds is 4. The summed E-state index contributed by atoms with van der Waals surface area (Å²) >= 11 is 0. The Kier molecular flexibility index (Phi) is 5.11. The maximum atomic E-state index is 12.9. The van der Waals surface area contributed by atoms with Crippen LogP contribution >= 0.6 is 0 Å². The Hall–Kier alpha value is -2.62. The first kappa shape index (κ1) is 20.3. The van der Waals surface area contributed by atoms with Crippen LogP contribution in [0.2, 0.25) is 0 Å². The summed E-state index contributed by atoms with van der Waals surface area (Å²) in [5.41, 5.74) is 8.99. The number of amides is 1. The quantitative estimate of drug-likeness (QED) is 0.558. The van der Waals surface area contributed by atoms with Crippen molar-refractivity contribution in [3.8, 4) is 0 Å². The van der Waals surface area contributed by atoms with Crippen molar-refractivity contribution < 1.29 is 4.79 Å². The van der Waals surface area contributed by atoms with Gasteiger partial charge < -0.3 is 9.47 Å². The van der Waals surface area contributed by atoms with Gasteiger partial charge in [0.2, 0.25) is 5.91 Å². The number of imidazole rings is 1. The lowest BCUT2D eigenvalue weighted by Crippen LogP contribution is -2.34. The van der Waals surface area contributed by atoms with Gasteiger partial charge in [-0.05, 0) is 80.5 Å². The highest BCUT2D eigenvalue weighted by Gasteiger charge is 2.38. The molecule has 0 bridgehead atoms. The van der Waals surface area contributed by atoms with Crippen LogP contribution in [0.4, 0.5) is 0 Å². The van der Waals surface area contributed by atoms with E-state index < -0.39 is 0 Å². The fraction of sp³-hybridized carbons (Fsp3) is 0.481. The number of aryl methyl sites for hydroxylation is 2. The number of hydrogen-bond donors (Lipinski definition) is 0. The molecule has 2 fully saturated rings. The summed E-state index contributed by atoms with van der Waals surface area (Å²) in [6.07, 6.45) is 5.42. The number of para-hydroxylation sites is 2. The highest BCUT2D eigenvalue weighted by molar-refractivity contribution is 5.81. The van der Waals surface area contributed by atoms with Gasteiger partial charge in [0, 0.05) is 31.5 Å². The third-order valence-corrected chi connectivity index (χ3v) is 7.81. The molecule has 0 radical (unpaired) electrons. The number of carbonyl (C=O) groups excluding carboxylic acids is 1. The molecule has 2 heterocycles. The Labute approximate surface area is 185 Å². The molecule has 0 N–H and O–H groups in total. The number of hydrogen-bond acceptors (Lipinski definition) is 2. The van der Waals surface area contributed by atoms with Gasteiger partial charge >= 0.3 is 0 Å². The van der Waals surface area contributed by atoms with E-state index >= 15 is 0 Å². The Morgan fingerprint density at radius 1 is 1.00 bits per heavy atom. The SMILES string of the molecule is Cc1cc(C)c(C)c(Cn2c(C3CC(=O)N(C4CCCC4)C3)nc3ccccc32)c1C. The van der Waals surface area contributed by atoms with Gasteiger partial charge in [-0.25, -0.2) is 4.98 Å². The molecule has 1 amide bonds. The minimum absolute atomic E-state index is 0.173. The molecule has 31 heavy (non-hydrogen) atoms. The van der Waals surface area contributed by atoms with Gasteiger partial charge in [0.25, 0.3) is 0 Å². The molecule has 1 aromatic heterocycles. The van der Waals surface area contributed by atoms with E-state index in [9.17, 15) is 4.79 Å². The van der Waals surface area contributed by atoms with Crippen molar-refractivity contribution in [1.29, 1.82) is 0 Å². The van der Waals surface area contributed by atoms with Crippen LogP contribution in [-0.2, 0) is 11.3 Å². The fourth-order valence-electron chi connectivity index (χ4n) is 5.74. The molecular weight excluding hydrogens is 382 g/mol. The summed E-state index contributed by atoms with van der Waals surface area (Å²) in [5, 5.41) is 0. The highest BCUT2D eigenvalue weighted by atomic mass is 16.2. The Bertz CT molecular complexity index is 1130. The molecule has 0 spiro atoms. The van der Waals surface area contributed by atoms with Crippen molar-refractivity contribution in [3.05, 3.63) is 64.0 Å². The molecule has 2 aliphatic rings. The standard InChI is InChI=1S/C27H33N3O/c1-17-13-18(2)20(4)23(19(17)3)16-30-25-12-8-7-11-24(25)28-27(30)21-14-26(31)29(15-21)22-9-5-6-10-22/h7-8,11-13,21-22H,5-6,9-10,14-16H2,1-4H3. The molecule has 1 saturated carbocycles. The zero-order valence-corrected chi connectivity index (χ0v) is 19.2. The number of carbonyl (C=O) groups is 1. The molecule has 1 aliphatic carbocycles. The summed E-state index contributed by atoms with van der Waals surface area (Å²) in [6, 6.07) is 11.2. The first-order valence-corrected chi connectivity index (χ1v) is 11.7. The van der Waals surface area contributed by atoms with Gasteiger partial charge in [-0.1, -0.05) is 31.0 Å². The molecule has 4 heteroatoms. The number of benzene rings is 2.